The van der Waals surface area contributed by atoms with Gasteiger partial charge in [-0.05, 0) is 40.3 Å². The summed E-state index contributed by atoms with van der Waals surface area (Å²) >= 11 is 1.38. The lowest BCUT2D eigenvalue weighted by Gasteiger charge is -2.12. The Balaban J connectivity index is 1.48. The Bertz CT molecular complexity index is 861. The van der Waals surface area contributed by atoms with Gasteiger partial charge in [-0.1, -0.05) is 42.1 Å². The van der Waals surface area contributed by atoms with Crippen LogP contribution in [-0.2, 0) is 6.54 Å². The molecular weight excluding hydrogens is 350 g/mol. The normalized spacial score (nSPS) is 11.7. The van der Waals surface area contributed by atoms with Gasteiger partial charge in [0.15, 0.2) is 0 Å². The topological polar surface area (TPSA) is 96.8 Å². The van der Waals surface area contributed by atoms with E-state index in [1.165, 1.54) is 11.8 Å². The van der Waals surface area contributed by atoms with Crippen molar-refractivity contribution in [2.75, 3.05) is 12.4 Å². The first-order valence-corrected chi connectivity index (χ1v) is 8.97. The summed E-state index contributed by atoms with van der Waals surface area (Å²) in [7, 11) is 0. The molecular formula is C18H17N5O2S. The lowest BCUT2D eigenvalue weighted by Crippen LogP contribution is -2.20. The third-order valence-corrected chi connectivity index (χ3v) is 4.61. The maximum absolute atomic E-state index is 10.1. The quantitative estimate of drug-likeness (QED) is 0.609. The molecule has 1 unspecified atom stereocenters. The first kappa shape index (κ1) is 17.9. The fourth-order valence-corrected chi connectivity index (χ4v) is 2.97. The summed E-state index contributed by atoms with van der Waals surface area (Å²) in [6.07, 6.45) is -0.669. The molecule has 8 heteroatoms. The van der Waals surface area contributed by atoms with E-state index in [1.807, 2.05) is 36.4 Å². The summed E-state index contributed by atoms with van der Waals surface area (Å²) in [6.45, 7) is 0.729. The molecule has 0 radical (unpaired) electrons. The second-order valence-corrected chi connectivity index (χ2v) is 6.50. The molecule has 0 saturated carbocycles. The Morgan fingerprint density at radius 3 is 2.65 bits per heavy atom. The Morgan fingerprint density at radius 1 is 1.15 bits per heavy atom. The molecule has 1 heterocycles. The number of nitrogens with zero attached hydrogens (tertiary/aromatic N) is 5. The van der Waals surface area contributed by atoms with Gasteiger partial charge in [0.05, 0.1) is 24.3 Å². The van der Waals surface area contributed by atoms with E-state index in [4.69, 9.17) is 10.00 Å². The molecule has 0 saturated heterocycles. The van der Waals surface area contributed by atoms with Crippen molar-refractivity contribution in [1.29, 1.82) is 5.26 Å². The molecule has 3 rings (SSSR count). The highest BCUT2D eigenvalue weighted by molar-refractivity contribution is 7.99. The largest absolute Gasteiger partial charge is 0.491 e. The lowest BCUT2D eigenvalue weighted by atomic mass is 10.2. The Kier molecular flexibility index (Phi) is 6.19. The third kappa shape index (κ3) is 5.05. The van der Waals surface area contributed by atoms with Crippen molar-refractivity contribution in [2.45, 2.75) is 17.8 Å². The Morgan fingerprint density at radius 2 is 1.92 bits per heavy atom. The number of tetrazole rings is 1. The highest BCUT2D eigenvalue weighted by Crippen LogP contribution is 2.17. The fourth-order valence-electron chi connectivity index (χ4n) is 2.19. The molecule has 132 valence electrons. The smallest absolute Gasteiger partial charge is 0.209 e. The maximum Gasteiger partial charge on any atom is 0.209 e. The number of nitriles is 1. The van der Waals surface area contributed by atoms with Crippen LogP contribution >= 0.6 is 11.8 Å². The van der Waals surface area contributed by atoms with Crippen molar-refractivity contribution >= 4 is 11.8 Å². The second kappa shape index (κ2) is 8.99. The van der Waals surface area contributed by atoms with E-state index in [2.05, 4.69) is 15.5 Å². The Hall–Kier alpha value is -2.89. The number of hydrogen-bond acceptors (Lipinski definition) is 7. The zero-order valence-corrected chi connectivity index (χ0v) is 14.7. The molecule has 1 atom stereocenters. The van der Waals surface area contributed by atoms with Crippen LogP contribution in [0.3, 0.4) is 0 Å². The second-order valence-electron chi connectivity index (χ2n) is 5.52. The monoisotopic (exact) mass is 367 g/mol. The number of hydrogen-bond donors (Lipinski definition) is 1. The minimum atomic E-state index is -0.669. The minimum absolute atomic E-state index is 0.152. The van der Waals surface area contributed by atoms with Gasteiger partial charge in [-0.15, -0.1) is 5.10 Å². The highest BCUT2D eigenvalue weighted by Gasteiger charge is 2.12. The van der Waals surface area contributed by atoms with E-state index in [1.54, 1.807) is 28.9 Å². The molecule has 0 fully saturated rings. The SMILES string of the molecule is N#Cc1ccc(OCC(O)CSc2nnnn2Cc2ccccc2)cc1. The zero-order valence-electron chi connectivity index (χ0n) is 13.9. The van der Waals surface area contributed by atoms with Gasteiger partial charge in [-0.3, -0.25) is 0 Å². The number of rotatable bonds is 8. The van der Waals surface area contributed by atoms with Crippen molar-refractivity contribution in [2.24, 2.45) is 0 Å². The van der Waals surface area contributed by atoms with E-state index >= 15 is 0 Å². The van der Waals surface area contributed by atoms with Crippen molar-refractivity contribution in [3.05, 3.63) is 65.7 Å². The van der Waals surface area contributed by atoms with Crippen LogP contribution in [0, 0.1) is 11.3 Å². The number of ether oxygens (including phenoxy) is 1. The van der Waals surface area contributed by atoms with Crippen LogP contribution in [0.1, 0.15) is 11.1 Å². The van der Waals surface area contributed by atoms with Crippen molar-refractivity contribution in [3.8, 4) is 11.8 Å². The van der Waals surface area contributed by atoms with Crippen molar-refractivity contribution in [1.82, 2.24) is 20.2 Å². The lowest BCUT2D eigenvalue weighted by molar-refractivity contribution is 0.126. The maximum atomic E-state index is 10.1. The molecule has 3 aromatic rings. The Labute approximate surface area is 155 Å². The first-order chi connectivity index (χ1) is 12.7. The van der Waals surface area contributed by atoms with Crippen LogP contribution in [0.2, 0.25) is 0 Å². The summed E-state index contributed by atoms with van der Waals surface area (Å²) in [5, 5.41) is 31.2. The van der Waals surface area contributed by atoms with Crippen LogP contribution in [0.5, 0.6) is 5.75 Å². The fraction of sp³-hybridized carbons (Fsp3) is 0.222. The van der Waals surface area contributed by atoms with E-state index in [-0.39, 0.29) is 6.61 Å². The third-order valence-electron chi connectivity index (χ3n) is 3.50. The first-order valence-electron chi connectivity index (χ1n) is 7.98. The van der Waals surface area contributed by atoms with Gasteiger partial charge in [-0.25, -0.2) is 4.68 Å². The van der Waals surface area contributed by atoms with E-state index in [0.717, 1.165) is 5.56 Å². The minimum Gasteiger partial charge on any atom is -0.491 e. The van der Waals surface area contributed by atoms with Crippen LogP contribution in [0.15, 0.2) is 59.8 Å². The summed E-state index contributed by atoms with van der Waals surface area (Å²) in [5.41, 5.74) is 1.67. The molecule has 0 aliphatic heterocycles. The summed E-state index contributed by atoms with van der Waals surface area (Å²) in [4.78, 5) is 0. The van der Waals surface area contributed by atoms with Crippen molar-refractivity contribution in [3.63, 3.8) is 0 Å². The predicted molar refractivity (Wildman–Crippen MR) is 96.7 cm³/mol. The molecule has 2 aromatic carbocycles. The number of thioether (sulfide) groups is 1. The van der Waals surface area contributed by atoms with E-state index in [0.29, 0.717) is 28.8 Å². The number of benzene rings is 2. The van der Waals surface area contributed by atoms with Gasteiger partial charge in [0.25, 0.3) is 0 Å². The van der Waals surface area contributed by atoms with E-state index in [9.17, 15) is 5.11 Å². The average Bonchev–Trinajstić information content (AvgIpc) is 3.13. The molecule has 1 aromatic heterocycles. The molecule has 0 aliphatic rings. The van der Waals surface area contributed by atoms with Gasteiger partial charge in [0.2, 0.25) is 5.16 Å². The predicted octanol–water partition coefficient (Wildman–Crippen LogP) is 2.13. The molecule has 7 nitrogen and oxygen atoms in total. The average molecular weight is 367 g/mol. The summed E-state index contributed by atoms with van der Waals surface area (Å²) < 4.78 is 7.23. The summed E-state index contributed by atoms with van der Waals surface area (Å²) in [6, 6.07) is 18.7. The van der Waals surface area contributed by atoms with Crippen molar-refractivity contribution < 1.29 is 9.84 Å². The summed E-state index contributed by atoms with van der Waals surface area (Å²) in [5.74, 6) is 1.02. The van der Waals surface area contributed by atoms with Crippen LogP contribution < -0.4 is 4.74 Å². The number of aromatic nitrogens is 4. The van der Waals surface area contributed by atoms with Crippen LogP contribution in [0.4, 0.5) is 0 Å². The number of aliphatic hydroxyl groups is 1. The van der Waals surface area contributed by atoms with Gasteiger partial charge in [0, 0.05) is 5.75 Å². The van der Waals surface area contributed by atoms with Crippen LogP contribution in [0.25, 0.3) is 0 Å². The zero-order chi connectivity index (χ0) is 18.2. The van der Waals surface area contributed by atoms with Gasteiger partial charge in [-0.2, -0.15) is 5.26 Å². The molecule has 0 bridgehead atoms. The van der Waals surface area contributed by atoms with Gasteiger partial charge in [0.1, 0.15) is 12.4 Å². The number of aliphatic hydroxyl groups excluding tert-OH is 1. The van der Waals surface area contributed by atoms with Crippen LogP contribution in [-0.4, -0.2) is 43.8 Å². The molecule has 26 heavy (non-hydrogen) atoms. The van der Waals surface area contributed by atoms with Gasteiger partial charge >= 0.3 is 0 Å². The molecule has 1 N–H and O–H groups in total. The molecule has 0 amide bonds. The highest BCUT2D eigenvalue weighted by atomic mass is 32.2. The van der Waals surface area contributed by atoms with E-state index < -0.39 is 6.10 Å². The van der Waals surface area contributed by atoms with Gasteiger partial charge < -0.3 is 9.84 Å². The molecule has 0 spiro atoms. The standard InChI is InChI=1S/C18H17N5O2S/c19-10-14-6-8-17(9-7-14)25-12-16(24)13-26-18-20-21-22-23(18)11-15-4-2-1-3-5-15/h1-9,16,24H,11-13H2. The molecule has 0 aliphatic carbocycles.